The van der Waals surface area contributed by atoms with Crippen LogP contribution in [0, 0.1) is 55.4 Å². The Bertz CT molecular complexity index is 5210. The first-order chi connectivity index (χ1) is 49.2. The Morgan fingerprint density at radius 2 is 0.740 bits per heavy atom. The lowest BCUT2D eigenvalue weighted by atomic mass is 9.60. The first-order valence-corrected chi connectivity index (χ1v) is 37.3. The molecule has 104 heavy (non-hydrogen) atoms. The molecule has 10 nitrogen and oxygen atoms in total. The van der Waals surface area contributed by atoms with E-state index in [9.17, 15) is 0 Å². The Labute approximate surface area is 622 Å². The van der Waals surface area contributed by atoms with Gasteiger partial charge in [-0.2, -0.15) is 4.68 Å². The number of nitrogens with zero attached hydrogens (tertiary/aromatic N) is 10. The fourth-order valence-electron chi connectivity index (χ4n) is 15.8. The topological polar surface area (TPSA) is 44.0 Å². The minimum absolute atomic E-state index is 0.0970. The maximum atomic E-state index is 2.41. The van der Waals surface area contributed by atoms with Crippen molar-refractivity contribution in [3.63, 3.8) is 0 Å². The van der Waals surface area contributed by atoms with E-state index < -0.39 is 0 Å². The summed E-state index contributed by atoms with van der Waals surface area (Å²) < 4.78 is 22.3. The fraction of sp³-hybridized carbons (Fsp3) is 0.330. The first-order valence-electron chi connectivity index (χ1n) is 37.3. The average Bonchev–Trinajstić information content (AvgIpc) is 1.35. The van der Waals surface area contributed by atoms with E-state index in [2.05, 4.69) is 446 Å². The highest BCUT2D eigenvalue weighted by Gasteiger charge is 2.54. The second-order valence-electron chi connectivity index (χ2n) is 32.0. The molecule has 15 rings (SSSR count). The molecule has 0 fully saturated rings. The van der Waals surface area contributed by atoms with Crippen molar-refractivity contribution in [3.8, 4) is 61.8 Å². The number of para-hydroxylation sites is 5. The third-order valence-corrected chi connectivity index (χ3v) is 23.4. The van der Waals surface area contributed by atoms with Crippen molar-refractivity contribution in [2.75, 3.05) is 0 Å². The standard InChI is InChI=1S/C23H29N2.C19H21N2.C18H25N2.C17H23N2.C17H17N2/c1-16(2)20-11-9-12-21(17(3)4)23(20)19-14-24(6)25(15-19)22-13-8-7-10-18(22)5;1-14-8-5-6-11-18(14)21-13-17(12-20(21)4)19-15(2)9-7-10-16(19)3;1-12-9-8-10-14-16(12)20-15(11-13(2)19(20)7)18(5,6)17(14,3)4;1-12-8-7-9-13-15(12)19-14(10-11-18(19)6)17(4,5)16(13,2)3;1-14-8-6-7-11-17(14)19-13-16(12-18(19)2)15-9-4-3-5-10-15/h7-17H,1-6H3;5-13H,1-4H3;8-11H,1-7H3;7-11H,1-6H3;3-13H,1-2H3/q5*+1. The van der Waals surface area contributed by atoms with Crippen molar-refractivity contribution in [2.24, 2.45) is 35.2 Å². The molecule has 0 spiro atoms. The monoisotopic (exact) mass is 1380 g/mol. The predicted molar refractivity (Wildman–Crippen MR) is 429 cm³/mol. The molecule has 536 valence electrons. The summed E-state index contributed by atoms with van der Waals surface area (Å²) in [5.74, 6) is 1.00. The zero-order valence-electron chi connectivity index (χ0n) is 67.1. The van der Waals surface area contributed by atoms with Crippen molar-refractivity contribution < 1.29 is 23.4 Å². The average molecular weight is 1390 g/mol. The van der Waals surface area contributed by atoms with E-state index >= 15 is 0 Å². The second kappa shape index (κ2) is 29.5. The Kier molecular flexibility index (Phi) is 21.3. The Balaban J connectivity index is 0.000000131. The predicted octanol–water partition coefficient (Wildman–Crippen LogP) is 19.4. The number of fused-ring (bicyclic) bond motifs is 6. The van der Waals surface area contributed by atoms with Crippen molar-refractivity contribution >= 4 is 0 Å². The van der Waals surface area contributed by atoms with Gasteiger partial charge in [-0.3, -0.25) is 0 Å². The summed E-state index contributed by atoms with van der Waals surface area (Å²) in [4.78, 5) is 0. The first kappa shape index (κ1) is 75.0. The van der Waals surface area contributed by atoms with Gasteiger partial charge in [0.25, 0.3) is 0 Å². The maximum Gasteiger partial charge on any atom is 0.242 e. The van der Waals surface area contributed by atoms with E-state index in [-0.39, 0.29) is 21.7 Å². The summed E-state index contributed by atoms with van der Waals surface area (Å²) in [5.41, 5.74) is 33.6. The molecule has 5 aromatic heterocycles. The van der Waals surface area contributed by atoms with Gasteiger partial charge in [-0.05, 0) is 166 Å². The molecule has 0 atom stereocenters. The number of benzene rings is 8. The third kappa shape index (κ3) is 13.8. The normalized spacial score (nSPS) is 13.9. The summed E-state index contributed by atoms with van der Waals surface area (Å²) in [6, 6.07) is 67.1. The molecule has 0 N–H and O–H groups in total. The van der Waals surface area contributed by atoms with Crippen LogP contribution < -0.4 is 23.4 Å². The maximum absolute atomic E-state index is 2.41. The molecule has 2 aliphatic rings. The molecule has 0 amide bonds. The van der Waals surface area contributed by atoms with Crippen LogP contribution in [0.2, 0.25) is 0 Å². The minimum atomic E-state index is 0.0970. The highest BCUT2D eigenvalue weighted by atomic mass is 15.4. The van der Waals surface area contributed by atoms with E-state index in [0.717, 1.165) is 0 Å². The van der Waals surface area contributed by atoms with Gasteiger partial charge >= 0.3 is 0 Å². The lowest BCUT2D eigenvalue weighted by Gasteiger charge is -2.46. The molecule has 0 bridgehead atoms. The van der Waals surface area contributed by atoms with Crippen molar-refractivity contribution in [3.05, 3.63) is 310 Å². The molecule has 0 radical (unpaired) electrons. The van der Waals surface area contributed by atoms with Crippen LogP contribution in [0.4, 0.5) is 0 Å². The summed E-state index contributed by atoms with van der Waals surface area (Å²) in [7, 11) is 10.5. The van der Waals surface area contributed by atoms with E-state index in [1.54, 1.807) is 0 Å². The van der Waals surface area contributed by atoms with E-state index in [4.69, 9.17) is 0 Å². The molecule has 0 unspecified atom stereocenters. The van der Waals surface area contributed by atoms with Crippen LogP contribution in [-0.4, -0.2) is 23.4 Å². The molecule has 8 aromatic carbocycles. The van der Waals surface area contributed by atoms with Crippen LogP contribution in [-0.2, 0) is 56.9 Å². The Morgan fingerprint density at radius 3 is 1.23 bits per heavy atom. The summed E-state index contributed by atoms with van der Waals surface area (Å²) in [6.45, 7) is 45.4. The van der Waals surface area contributed by atoms with Crippen LogP contribution in [0.15, 0.2) is 231 Å². The number of rotatable bonds is 8. The SMILES string of the molecule is Cc1cccc2c1-[n+]1c(cc(C)n1C)C(C)(C)C2(C)C.Cc1cccc2c1-n1c(cc[n+]1C)C(C)(C)C2(C)C.Cc1ccccc1-n1cc(-c2c(C(C)C)cccc2C(C)C)c[n+]1C.Cc1ccccc1-n1cc(-c2c(C)cccc2C)c[n+]1C.Cc1ccccc1-n1cc(-c2ccccc2)c[n+]1C. The van der Waals surface area contributed by atoms with Crippen molar-refractivity contribution in [1.82, 2.24) is 23.4 Å². The van der Waals surface area contributed by atoms with Gasteiger partial charge in [0.15, 0.2) is 34.4 Å². The molecule has 7 heterocycles. The highest BCUT2D eigenvalue weighted by Crippen LogP contribution is 2.51. The summed E-state index contributed by atoms with van der Waals surface area (Å²) in [6.07, 6.45) is 15.4. The fourth-order valence-corrected chi connectivity index (χ4v) is 15.8. The Morgan fingerprint density at radius 1 is 0.346 bits per heavy atom. The van der Waals surface area contributed by atoms with Crippen LogP contribution >= 0.6 is 0 Å². The van der Waals surface area contributed by atoms with Gasteiger partial charge in [0, 0.05) is 39.5 Å². The largest absolute Gasteiger partial charge is 0.242 e. The van der Waals surface area contributed by atoms with Gasteiger partial charge in [-0.1, -0.05) is 232 Å². The molecule has 13 aromatic rings. The summed E-state index contributed by atoms with van der Waals surface area (Å²) in [5, 5.41) is 0. The van der Waals surface area contributed by atoms with Gasteiger partial charge in [-0.25, -0.2) is 0 Å². The molecular formula is C94H115N10+5. The molecule has 0 aliphatic carbocycles. The zero-order chi connectivity index (χ0) is 75.2. The van der Waals surface area contributed by atoms with Crippen LogP contribution in [0.3, 0.4) is 0 Å². The van der Waals surface area contributed by atoms with Crippen LogP contribution in [0.1, 0.15) is 173 Å². The lowest BCUT2D eigenvalue weighted by Crippen LogP contribution is -2.58. The lowest BCUT2D eigenvalue weighted by molar-refractivity contribution is -0.745. The van der Waals surface area contributed by atoms with Crippen LogP contribution in [0.25, 0.3) is 61.8 Å². The zero-order valence-corrected chi connectivity index (χ0v) is 67.1. The van der Waals surface area contributed by atoms with Gasteiger partial charge in [0.1, 0.15) is 22.7 Å². The third-order valence-electron chi connectivity index (χ3n) is 23.4. The van der Waals surface area contributed by atoms with Crippen molar-refractivity contribution in [2.45, 2.75) is 172 Å². The van der Waals surface area contributed by atoms with Gasteiger partial charge in [0.2, 0.25) is 30.0 Å². The van der Waals surface area contributed by atoms with Gasteiger partial charge < -0.3 is 0 Å². The minimum Gasteiger partial charge on any atom is -0.155 e. The van der Waals surface area contributed by atoms with Gasteiger partial charge in [-0.15, -0.1) is 37.5 Å². The molecule has 0 saturated heterocycles. The molecular weight excluding hydrogens is 1270 g/mol. The summed E-state index contributed by atoms with van der Waals surface area (Å²) >= 11 is 0. The quantitative estimate of drug-likeness (QED) is 0.136. The number of hydrogen-bond donors (Lipinski definition) is 0. The molecule has 10 heteroatoms. The van der Waals surface area contributed by atoms with E-state index in [1.165, 1.54) is 140 Å². The number of aromatic nitrogens is 10. The molecule has 2 aliphatic heterocycles. The van der Waals surface area contributed by atoms with E-state index in [1.807, 2.05) is 6.07 Å². The van der Waals surface area contributed by atoms with Gasteiger partial charge in [0.05, 0.1) is 59.1 Å². The smallest absolute Gasteiger partial charge is 0.155 e. The second-order valence-corrected chi connectivity index (χ2v) is 32.0. The van der Waals surface area contributed by atoms with Crippen molar-refractivity contribution in [1.29, 1.82) is 0 Å². The molecule has 0 saturated carbocycles. The Hall–Kier alpha value is -10.2. The highest BCUT2D eigenvalue weighted by molar-refractivity contribution is 5.72. The number of aryl methyl sites for hydroxylation is 12. The number of hydrogen-bond acceptors (Lipinski definition) is 0. The van der Waals surface area contributed by atoms with Crippen LogP contribution in [0.5, 0.6) is 0 Å². The van der Waals surface area contributed by atoms with E-state index in [0.29, 0.717) is 11.8 Å².